The highest BCUT2D eigenvalue weighted by atomic mass is 16.1. The molecule has 0 aliphatic carbocycles. The number of imidazole rings is 1. The second-order valence-corrected chi connectivity index (χ2v) is 6.01. The summed E-state index contributed by atoms with van der Waals surface area (Å²) < 4.78 is 2.01. The minimum absolute atomic E-state index is 0.140. The monoisotopic (exact) mass is 293 g/mol. The van der Waals surface area contributed by atoms with Gasteiger partial charge in [-0.1, -0.05) is 0 Å². The van der Waals surface area contributed by atoms with Crippen LogP contribution in [0.4, 0.5) is 5.95 Å². The number of amides is 1. The summed E-state index contributed by atoms with van der Waals surface area (Å²) in [6.45, 7) is 2.73. The van der Waals surface area contributed by atoms with Crippen LogP contribution >= 0.6 is 0 Å². The lowest BCUT2D eigenvalue weighted by atomic mass is 9.93. The molecule has 1 aliphatic rings. The number of carbonyl (C=O) groups is 1. The van der Waals surface area contributed by atoms with Crippen LogP contribution in [0.15, 0.2) is 6.20 Å². The molecule has 0 bridgehead atoms. The van der Waals surface area contributed by atoms with E-state index in [9.17, 15) is 4.79 Å². The van der Waals surface area contributed by atoms with Crippen molar-refractivity contribution in [3.05, 3.63) is 11.9 Å². The fourth-order valence-corrected chi connectivity index (χ4v) is 2.80. The third-order valence-corrected chi connectivity index (χ3v) is 4.16. The highest BCUT2D eigenvalue weighted by Crippen LogP contribution is 2.17. The lowest BCUT2D eigenvalue weighted by Crippen LogP contribution is -2.29. The number of nitrogens with one attached hydrogen (secondary N) is 2. The Hall–Kier alpha value is -1.56. The molecule has 1 aromatic rings. The van der Waals surface area contributed by atoms with Crippen molar-refractivity contribution >= 4 is 11.9 Å². The summed E-state index contributed by atoms with van der Waals surface area (Å²) in [6, 6.07) is 0. The highest BCUT2D eigenvalue weighted by molar-refractivity contribution is 5.75. The largest absolute Gasteiger partial charge is 0.350 e. The van der Waals surface area contributed by atoms with Crippen LogP contribution < -0.4 is 15.5 Å². The van der Waals surface area contributed by atoms with Gasteiger partial charge in [0.25, 0.3) is 0 Å². The van der Waals surface area contributed by atoms with E-state index in [0.29, 0.717) is 18.9 Å². The Morgan fingerprint density at radius 2 is 2.19 bits per heavy atom. The molecule has 1 amide bonds. The van der Waals surface area contributed by atoms with Crippen LogP contribution in [0.5, 0.6) is 0 Å². The maximum atomic E-state index is 11.9. The van der Waals surface area contributed by atoms with E-state index >= 15 is 0 Å². The van der Waals surface area contributed by atoms with Crippen molar-refractivity contribution in [1.29, 1.82) is 0 Å². The van der Waals surface area contributed by atoms with E-state index in [1.807, 2.05) is 36.8 Å². The van der Waals surface area contributed by atoms with Crippen LogP contribution in [0.1, 0.15) is 31.4 Å². The Kier molecular flexibility index (Phi) is 5.61. The minimum atomic E-state index is 0.140. The smallest absolute Gasteiger partial charge is 0.220 e. The number of carbonyl (C=O) groups excluding carboxylic acids is 1. The molecule has 0 aromatic carbocycles. The number of hydrogen-bond acceptors (Lipinski definition) is 4. The molecule has 2 heterocycles. The molecule has 6 nitrogen and oxygen atoms in total. The van der Waals surface area contributed by atoms with Gasteiger partial charge in [0.15, 0.2) is 0 Å². The summed E-state index contributed by atoms with van der Waals surface area (Å²) in [6.07, 6.45) is 5.84. The first kappa shape index (κ1) is 15.8. The molecule has 6 heteroatoms. The predicted octanol–water partition coefficient (Wildman–Crippen LogP) is 0.882. The molecule has 2 rings (SSSR count). The van der Waals surface area contributed by atoms with E-state index in [4.69, 9.17) is 0 Å². The Labute approximate surface area is 126 Å². The zero-order valence-corrected chi connectivity index (χ0v) is 13.4. The second-order valence-electron chi connectivity index (χ2n) is 6.01. The Balaban J connectivity index is 1.73. The number of rotatable bonds is 6. The number of aromatic nitrogens is 2. The first-order valence-electron chi connectivity index (χ1n) is 7.73. The fourth-order valence-electron chi connectivity index (χ4n) is 2.80. The van der Waals surface area contributed by atoms with Gasteiger partial charge in [-0.3, -0.25) is 4.79 Å². The molecule has 0 atom stereocenters. The predicted molar refractivity (Wildman–Crippen MR) is 84.2 cm³/mol. The number of nitrogens with zero attached hydrogens (tertiary/aromatic N) is 3. The summed E-state index contributed by atoms with van der Waals surface area (Å²) in [5.74, 6) is 1.74. The molecule has 0 unspecified atom stereocenters. The molecule has 1 aliphatic heterocycles. The lowest BCUT2D eigenvalue weighted by Gasteiger charge is -2.22. The molecule has 21 heavy (non-hydrogen) atoms. The second kappa shape index (κ2) is 7.45. The topological polar surface area (TPSA) is 62.2 Å². The van der Waals surface area contributed by atoms with Gasteiger partial charge in [0.1, 0.15) is 0 Å². The van der Waals surface area contributed by atoms with Crippen LogP contribution in [-0.4, -0.2) is 42.6 Å². The average Bonchev–Trinajstić information content (AvgIpc) is 2.85. The maximum absolute atomic E-state index is 11.9. The standard InChI is InChI=1S/C15H27N5O/c1-19(2)15-18-11-13(20(15)3)10-17-14(21)5-4-12-6-8-16-9-7-12/h11-12,16H,4-10H2,1-3H3,(H,17,21). The van der Waals surface area contributed by atoms with Gasteiger partial charge in [-0.25, -0.2) is 4.98 Å². The van der Waals surface area contributed by atoms with E-state index < -0.39 is 0 Å². The van der Waals surface area contributed by atoms with E-state index in [-0.39, 0.29) is 5.91 Å². The number of hydrogen-bond donors (Lipinski definition) is 2. The van der Waals surface area contributed by atoms with Crippen LogP contribution in [0.3, 0.4) is 0 Å². The fraction of sp³-hybridized carbons (Fsp3) is 0.733. The molecule has 0 saturated carbocycles. The normalized spacial score (nSPS) is 16.0. The summed E-state index contributed by atoms with van der Waals surface area (Å²) in [7, 11) is 5.90. The van der Waals surface area contributed by atoms with Crippen LogP contribution in [-0.2, 0) is 18.4 Å². The van der Waals surface area contributed by atoms with Crippen molar-refractivity contribution in [2.45, 2.75) is 32.2 Å². The first-order valence-corrected chi connectivity index (χ1v) is 7.73. The molecular formula is C15H27N5O. The third kappa shape index (κ3) is 4.46. The summed E-state index contributed by atoms with van der Waals surface area (Å²) in [5.41, 5.74) is 1.02. The maximum Gasteiger partial charge on any atom is 0.220 e. The number of piperidine rings is 1. The van der Waals surface area contributed by atoms with Gasteiger partial charge >= 0.3 is 0 Å². The molecule has 1 saturated heterocycles. The summed E-state index contributed by atoms with van der Waals surface area (Å²) in [4.78, 5) is 18.2. The molecule has 1 fully saturated rings. The average molecular weight is 293 g/mol. The molecule has 0 radical (unpaired) electrons. The van der Waals surface area contributed by atoms with Crippen molar-refractivity contribution < 1.29 is 4.79 Å². The molecule has 2 N–H and O–H groups in total. The van der Waals surface area contributed by atoms with Crippen molar-refractivity contribution in [3.63, 3.8) is 0 Å². The van der Waals surface area contributed by atoms with E-state index in [1.165, 1.54) is 12.8 Å². The lowest BCUT2D eigenvalue weighted by molar-refractivity contribution is -0.121. The number of anilines is 1. The van der Waals surface area contributed by atoms with Gasteiger partial charge < -0.3 is 20.1 Å². The third-order valence-electron chi connectivity index (χ3n) is 4.16. The highest BCUT2D eigenvalue weighted by Gasteiger charge is 2.15. The van der Waals surface area contributed by atoms with Crippen LogP contribution in [0.2, 0.25) is 0 Å². The first-order chi connectivity index (χ1) is 10.1. The molecular weight excluding hydrogens is 266 g/mol. The molecule has 1 aromatic heterocycles. The van der Waals surface area contributed by atoms with E-state index in [0.717, 1.165) is 31.2 Å². The Morgan fingerprint density at radius 1 is 1.48 bits per heavy atom. The van der Waals surface area contributed by atoms with Gasteiger partial charge in [-0.15, -0.1) is 0 Å². The van der Waals surface area contributed by atoms with E-state index in [2.05, 4.69) is 15.6 Å². The SMILES string of the molecule is CN(C)c1ncc(CNC(=O)CCC2CCNCC2)n1C. The van der Waals surface area contributed by atoms with Gasteiger partial charge in [-0.2, -0.15) is 0 Å². The van der Waals surface area contributed by atoms with E-state index in [1.54, 1.807) is 0 Å². The van der Waals surface area contributed by atoms with Crippen molar-refractivity contribution in [3.8, 4) is 0 Å². The van der Waals surface area contributed by atoms with Gasteiger partial charge in [-0.05, 0) is 38.3 Å². The van der Waals surface area contributed by atoms with Crippen molar-refractivity contribution in [2.24, 2.45) is 13.0 Å². The van der Waals surface area contributed by atoms with Gasteiger partial charge in [0.2, 0.25) is 11.9 Å². The van der Waals surface area contributed by atoms with Crippen molar-refractivity contribution in [1.82, 2.24) is 20.2 Å². The zero-order chi connectivity index (χ0) is 15.2. The Bertz CT molecular complexity index is 463. The molecule has 118 valence electrons. The van der Waals surface area contributed by atoms with Gasteiger partial charge in [0.05, 0.1) is 18.4 Å². The molecule has 0 spiro atoms. The Morgan fingerprint density at radius 3 is 2.81 bits per heavy atom. The minimum Gasteiger partial charge on any atom is -0.350 e. The van der Waals surface area contributed by atoms with Crippen LogP contribution in [0.25, 0.3) is 0 Å². The summed E-state index contributed by atoms with van der Waals surface area (Å²) >= 11 is 0. The van der Waals surface area contributed by atoms with Crippen molar-refractivity contribution in [2.75, 3.05) is 32.1 Å². The van der Waals surface area contributed by atoms with Crippen LogP contribution in [0, 0.1) is 5.92 Å². The van der Waals surface area contributed by atoms with Gasteiger partial charge in [0, 0.05) is 27.6 Å². The summed E-state index contributed by atoms with van der Waals surface area (Å²) in [5, 5.41) is 6.35. The zero-order valence-electron chi connectivity index (χ0n) is 13.4. The quantitative estimate of drug-likeness (QED) is 0.817.